The number of amides is 3. The third-order valence-electron chi connectivity index (χ3n) is 4.18. The molecule has 0 saturated heterocycles. The molecule has 5 nitrogen and oxygen atoms in total. The zero-order valence-corrected chi connectivity index (χ0v) is 15.5. The van der Waals surface area contributed by atoms with E-state index in [0.717, 1.165) is 16.7 Å². The number of hydrogen-bond acceptors (Lipinski definition) is 3. The summed E-state index contributed by atoms with van der Waals surface area (Å²) >= 11 is 1.64. The van der Waals surface area contributed by atoms with E-state index in [4.69, 9.17) is 5.73 Å². The van der Waals surface area contributed by atoms with Crippen LogP contribution in [0.5, 0.6) is 0 Å². The molecule has 3 amide bonds. The van der Waals surface area contributed by atoms with E-state index < -0.39 is 12.1 Å². The van der Waals surface area contributed by atoms with Gasteiger partial charge in [-0.1, -0.05) is 36.4 Å². The van der Waals surface area contributed by atoms with Crippen molar-refractivity contribution in [2.24, 2.45) is 5.73 Å². The first kappa shape index (κ1) is 19.1. The summed E-state index contributed by atoms with van der Waals surface area (Å²) in [5, 5.41) is 5.25. The van der Waals surface area contributed by atoms with E-state index in [0.29, 0.717) is 19.5 Å². The van der Waals surface area contributed by atoms with Gasteiger partial charge in [-0.25, -0.2) is 4.79 Å². The largest absolute Gasteiger partial charge is 0.351 e. The average Bonchev–Trinajstić information content (AvgIpc) is 2.62. The average molecular weight is 359 g/mol. The van der Waals surface area contributed by atoms with Crippen molar-refractivity contribution in [1.29, 1.82) is 0 Å². The van der Waals surface area contributed by atoms with Crippen LogP contribution < -0.4 is 11.1 Å². The van der Waals surface area contributed by atoms with Gasteiger partial charge in [-0.15, -0.1) is 0 Å². The fourth-order valence-corrected chi connectivity index (χ4v) is 3.30. The minimum atomic E-state index is -0.561. The Morgan fingerprint density at radius 3 is 2.56 bits per heavy atom. The molecule has 0 aliphatic heterocycles. The van der Waals surface area contributed by atoms with Gasteiger partial charge >= 0.3 is 6.03 Å². The maximum atomic E-state index is 12.6. The van der Waals surface area contributed by atoms with Crippen molar-refractivity contribution < 1.29 is 9.59 Å². The first-order chi connectivity index (χ1) is 12.1. The molecule has 3 N–H and O–H groups in total. The minimum absolute atomic E-state index is 0.164. The normalized spacial score (nSPS) is 11.9. The Bertz CT molecular complexity index is 735. The predicted molar refractivity (Wildman–Crippen MR) is 105 cm³/mol. The lowest BCUT2D eigenvalue weighted by Crippen LogP contribution is -2.51. The van der Waals surface area contributed by atoms with Gasteiger partial charge in [0.25, 0.3) is 0 Å². The molecule has 0 aliphatic carbocycles. The standard InChI is InChI=1S/C19H25N3O2S/c1-3-22(19(20)24)17(10-11-25-2)18(23)21-13-14-8-9-15-6-4-5-7-16(15)12-14/h4-9,12,17H,3,10-11,13H2,1-2H3,(H2,20,24)(H,21,23)/t17-/m1/s1. The zero-order valence-electron chi connectivity index (χ0n) is 14.7. The molecule has 134 valence electrons. The highest BCUT2D eigenvalue weighted by Crippen LogP contribution is 2.16. The molecule has 0 saturated carbocycles. The molecule has 1 atom stereocenters. The first-order valence-electron chi connectivity index (χ1n) is 8.37. The second-order valence-corrected chi connectivity index (χ2v) is 6.81. The number of thioether (sulfide) groups is 1. The molecule has 2 rings (SSSR count). The zero-order chi connectivity index (χ0) is 18.2. The quantitative estimate of drug-likeness (QED) is 0.761. The van der Waals surface area contributed by atoms with Crippen molar-refractivity contribution in [3.63, 3.8) is 0 Å². The second kappa shape index (κ2) is 9.32. The van der Waals surface area contributed by atoms with Crippen LogP contribution in [0.2, 0.25) is 0 Å². The highest BCUT2D eigenvalue weighted by molar-refractivity contribution is 7.98. The van der Waals surface area contributed by atoms with Gasteiger partial charge in [0.2, 0.25) is 5.91 Å². The molecule has 0 radical (unpaired) electrons. The summed E-state index contributed by atoms with van der Waals surface area (Å²) in [5.74, 6) is 0.626. The number of likely N-dealkylation sites (N-methyl/N-ethyl adjacent to an activating group) is 1. The molecule has 2 aromatic carbocycles. The number of fused-ring (bicyclic) bond motifs is 1. The summed E-state index contributed by atoms with van der Waals surface area (Å²) in [6.45, 7) is 2.67. The van der Waals surface area contributed by atoms with Crippen LogP contribution in [-0.4, -0.2) is 41.4 Å². The van der Waals surface area contributed by atoms with Crippen molar-refractivity contribution in [3.8, 4) is 0 Å². The van der Waals surface area contributed by atoms with Crippen molar-refractivity contribution in [2.75, 3.05) is 18.6 Å². The highest BCUT2D eigenvalue weighted by Gasteiger charge is 2.26. The van der Waals surface area contributed by atoms with E-state index in [9.17, 15) is 9.59 Å². The molecule has 0 aromatic heterocycles. The summed E-state index contributed by atoms with van der Waals surface area (Å²) in [6, 6.07) is 13.1. The van der Waals surface area contributed by atoms with Crippen molar-refractivity contribution in [3.05, 3.63) is 48.0 Å². The third-order valence-corrected chi connectivity index (χ3v) is 4.82. The molecule has 0 unspecified atom stereocenters. The smallest absolute Gasteiger partial charge is 0.315 e. The summed E-state index contributed by atoms with van der Waals surface area (Å²) < 4.78 is 0. The van der Waals surface area contributed by atoms with Gasteiger partial charge in [-0.05, 0) is 47.8 Å². The number of rotatable bonds is 8. The molecule has 0 spiro atoms. The topological polar surface area (TPSA) is 75.4 Å². The van der Waals surface area contributed by atoms with Crippen LogP contribution in [-0.2, 0) is 11.3 Å². The minimum Gasteiger partial charge on any atom is -0.351 e. The molecule has 6 heteroatoms. The maximum Gasteiger partial charge on any atom is 0.315 e. The van der Waals surface area contributed by atoms with Gasteiger partial charge in [0.1, 0.15) is 6.04 Å². The summed E-state index contributed by atoms with van der Waals surface area (Å²) in [7, 11) is 0. The molecule has 25 heavy (non-hydrogen) atoms. The van der Waals surface area contributed by atoms with E-state index in [2.05, 4.69) is 17.4 Å². The van der Waals surface area contributed by atoms with Crippen LogP contribution in [0.3, 0.4) is 0 Å². The van der Waals surface area contributed by atoms with E-state index in [1.54, 1.807) is 11.8 Å². The lowest BCUT2D eigenvalue weighted by molar-refractivity contribution is -0.125. The van der Waals surface area contributed by atoms with E-state index in [1.807, 2.05) is 43.5 Å². The van der Waals surface area contributed by atoms with Gasteiger partial charge in [0.15, 0.2) is 0 Å². The Hall–Kier alpha value is -2.21. The van der Waals surface area contributed by atoms with Gasteiger partial charge in [-0.3, -0.25) is 4.79 Å². The molecular weight excluding hydrogens is 334 g/mol. The van der Waals surface area contributed by atoms with Gasteiger partial charge in [0, 0.05) is 13.1 Å². The van der Waals surface area contributed by atoms with E-state index in [1.165, 1.54) is 10.3 Å². The lowest BCUT2D eigenvalue weighted by atomic mass is 10.1. The summed E-state index contributed by atoms with van der Waals surface area (Å²) in [5.41, 5.74) is 6.45. The number of nitrogens with two attached hydrogens (primary N) is 1. The third kappa shape index (κ3) is 5.13. The van der Waals surface area contributed by atoms with Crippen LogP contribution in [0.25, 0.3) is 10.8 Å². The highest BCUT2D eigenvalue weighted by atomic mass is 32.2. The van der Waals surface area contributed by atoms with Crippen LogP contribution >= 0.6 is 11.8 Å². The summed E-state index contributed by atoms with van der Waals surface area (Å²) in [4.78, 5) is 25.7. The Morgan fingerprint density at radius 1 is 1.20 bits per heavy atom. The summed E-state index contributed by atoms with van der Waals surface area (Å²) in [6.07, 6.45) is 2.56. The Labute approximate surface area is 152 Å². The molecule has 0 fully saturated rings. The molecule has 0 heterocycles. The van der Waals surface area contributed by atoms with Crippen molar-refractivity contribution in [2.45, 2.75) is 25.9 Å². The van der Waals surface area contributed by atoms with E-state index >= 15 is 0 Å². The van der Waals surface area contributed by atoms with Gasteiger partial charge in [-0.2, -0.15) is 11.8 Å². The SMILES string of the molecule is CCN(C(N)=O)[C@H](CCSC)C(=O)NCc1ccc2ccccc2c1. The van der Waals surface area contributed by atoms with Crippen LogP contribution in [0.4, 0.5) is 4.79 Å². The fraction of sp³-hybridized carbons (Fsp3) is 0.368. The van der Waals surface area contributed by atoms with Crippen LogP contribution in [0, 0.1) is 0 Å². The Morgan fingerprint density at radius 2 is 1.92 bits per heavy atom. The number of urea groups is 1. The van der Waals surface area contributed by atoms with Crippen molar-refractivity contribution >= 4 is 34.5 Å². The number of hydrogen-bond donors (Lipinski definition) is 2. The molecule has 0 bridgehead atoms. The number of carbonyl (C=O) groups is 2. The monoisotopic (exact) mass is 359 g/mol. The lowest BCUT2D eigenvalue weighted by Gasteiger charge is -2.28. The van der Waals surface area contributed by atoms with E-state index in [-0.39, 0.29) is 5.91 Å². The number of nitrogens with zero attached hydrogens (tertiary/aromatic N) is 1. The molecule has 0 aliphatic rings. The maximum absolute atomic E-state index is 12.6. The van der Waals surface area contributed by atoms with Crippen LogP contribution in [0.15, 0.2) is 42.5 Å². The van der Waals surface area contributed by atoms with Gasteiger partial charge in [0.05, 0.1) is 0 Å². The number of nitrogens with one attached hydrogen (secondary N) is 1. The predicted octanol–water partition coefficient (Wildman–Crippen LogP) is 2.98. The Kier molecular flexibility index (Phi) is 7.13. The number of carbonyl (C=O) groups excluding carboxylic acids is 2. The number of primary amides is 1. The fourth-order valence-electron chi connectivity index (χ4n) is 2.84. The Balaban J connectivity index is 2.06. The molecule has 2 aromatic rings. The molecular formula is C19H25N3O2S. The first-order valence-corrected chi connectivity index (χ1v) is 9.76. The second-order valence-electron chi connectivity index (χ2n) is 5.82. The van der Waals surface area contributed by atoms with Crippen molar-refractivity contribution in [1.82, 2.24) is 10.2 Å². The van der Waals surface area contributed by atoms with Crippen LogP contribution in [0.1, 0.15) is 18.9 Å². The van der Waals surface area contributed by atoms with Gasteiger partial charge < -0.3 is 16.0 Å². The number of benzene rings is 2.